The van der Waals surface area contributed by atoms with E-state index in [-0.39, 0.29) is 18.7 Å². The predicted molar refractivity (Wildman–Crippen MR) is 75.5 cm³/mol. The number of benzene rings is 1. The lowest BCUT2D eigenvalue weighted by molar-refractivity contribution is -0.139. The summed E-state index contributed by atoms with van der Waals surface area (Å²) in [5, 5.41) is 12.1. The van der Waals surface area contributed by atoms with E-state index in [9.17, 15) is 9.59 Å². The van der Waals surface area contributed by atoms with Gasteiger partial charge in [-0.3, -0.25) is 9.59 Å². The number of hydrogen-bond donors (Lipinski definition) is 2. The highest BCUT2D eigenvalue weighted by Crippen LogP contribution is 2.26. The number of hydrogen-bond acceptors (Lipinski definition) is 2. The number of carboxylic acids is 1. The summed E-state index contributed by atoms with van der Waals surface area (Å²) in [4.78, 5) is 22.6. The zero-order valence-corrected chi connectivity index (χ0v) is 12.0. The molecule has 104 valence electrons. The van der Waals surface area contributed by atoms with E-state index in [4.69, 9.17) is 16.7 Å². The number of anilines is 1. The number of rotatable bonds is 5. The summed E-state index contributed by atoms with van der Waals surface area (Å²) in [5.74, 6) is -1.12. The van der Waals surface area contributed by atoms with E-state index < -0.39 is 11.4 Å². The van der Waals surface area contributed by atoms with Gasteiger partial charge in [0.15, 0.2) is 0 Å². The fraction of sp³-hybridized carbons (Fsp3) is 0.429. The summed E-state index contributed by atoms with van der Waals surface area (Å²) in [6.07, 6.45) is 0.0974. The number of nitrogens with one attached hydrogen (secondary N) is 1. The van der Waals surface area contributed by atoms with E-state index in [0.29, 0.717) is 10.7 Å². The van der Waals surface area contributed by atoms with Crippen LogP contribution >= 0.6 is 11.6 Å². The highest BCUT2D eigenvalue weighted by atomic mass is 35.5. The van der Waals surface area contributed by atoms with E-state index in [1.807, 2.05) is 13.0 Å². The first-order valence-corrected chi connectivity index (χ1v) is 6.35. The zero-order valence-electron chi connectivity index (χ0n) is 11.3. The van der Waals surface area contributed by atoms with Crippen LogP contribution in [0.3, 0.4) is 0 Å². The molecule has 1 aromatic carbocycles. The maximum absolute atomic E-state index is 11.9. The molecule has 1 aromatic rings. The van der Waals surface area contributed by atoms with Gasteiger partial charge in [-0.1, -0.05) is 31.5 Å². The van der Waals surface area contributed by atoms with Crippen molar-refractivity contribution in [2.75, 3.05) is 5.32 Å². The van der Waals surface area contributed by atoms with Gasteiger partial charge in [0.25, 0.3) is 0 Å². The molecule has 5 heteroatoms. The summed E-state index contributed by atoms with van der Waals surface area (Å²) < 4.78 is 0. The second-order valence-corrected chi connectivity index (χ2v) is 5.86. The van der Waals surface area contributed by atoms with Gasteiger partial charge in [-0.05, 0) is 30.0 Å². The quantitative estimate of drug-likeness (QED) is 0.869. The lowest BCUT2D eigenvalue weighted by Crippen LogP contribution is -2.25. The van der Waals surface area contributed by atoms with E-state index >= 15 is 0 Å². The fourth-order valence-electron chi connectivity index (χ4n) is 1.83. The molecule has 1 rings (SSSR count). The van der Waals surface area contributed by atoms with Crippen molar-refractivity contribution in [1.29, 1.82) is 0 Å². The van der Waals surface area contributed by atoms with Crippen molar-refractivity contribution in [3.8, 4) is 0 Å². The van der Waals surface area contributed by atoms with Crippen LogP contribution in [0.1, 0.15) is 32.3 Å². The van der Waals surface area contributed by atoms with E-state index in [1.165, 1.54) is 0 Å². The molecular weight excluding hydrogens is 266 g/mol. The molecular formula is C14H18ClNO3. The van der Waals surface area contributed by atoms with Crippen molar-refractivity contribution < 1.29 is 14.7 Å². The molecule has 0 saturated heterocycles. The fourth-order valence-corrected chi connectivity index (χ4v) is 2.00. The van der Waals surface area contributed by atoms with Gasteiger partial charge in [-0.2, -0.15) is 0 Å². The minimum absolute atomic E-state index is 0.0467. The average molecular weight is 284 g/mol. The second kappa shape index (κ2) is 6.06. The first kappa shape index (κ1) is 15.5. The molecule has 0 saturated carbocycles. The van der Waals surface area contributed by atoms with Crippen LogP contribution in [-0.4, -0.2) is 17.0 Å². The highest BCUT2D eigenvalue weighted by Gasteiger charge is 2.25. The number of carbonyl (C=O) groups excluding carboxylic acids is 1. The molecule has 0 fully saturated rings. The normalized spacial score (nSPS) is 11.2. The lowest BCUT2D eigenvalue weighted by Gasteiger charge is -2.21. The summed E-state index contributed by atoms with van der Waals surface area (Å²) in [5.41, 5.74) is 0.986. The first-order chi connectivity index (χ1) is 8.69. The Morgan fingerprint density at radius 3 is 2.53 bits per heavy atom. The molecule has 0 aliphatic rings. The van der Waals surface area contributed by atoms with Crippen molar-refractivity contribution in [1.82, 2.24) is 0 Å². The molecule has 1 amide bonds. The Morgan fingerprint density at radius 2 is 1.95 bits per heavy atom. The van der Waals surface area contributed by atoms with Crippen molar-refractivity contribution in [2.24, 2.45) is 5.41 Å². The van der Waals surface area contributed by atoms with Crippen molar-refractivity contribution >= 4 is 29.2 Å². The van der Waals surface area contributed by atoms with Crippen molar-refractivity contribution in [2.45, 2.75) is 33.6 Å². The van der Waals surface area contributed by atoms with Gasteiger partial charge in [-0.15, -0.1) is 0 Å². The van der Waals surface area contributed by atoms with Crippen LogP contribution in [0, 0.1) is 12.3 Å². The Hall–Kier alpha value is -1.55. The molecule has 0 aliphatic carbocycles. The monoisotopic (exact) mass is 283 g/mol. The third-order valence-electron chi connectivity index (χ3n) is 2.74. The van der Waals surface area contributed by atoms with E-state index in [2.05, 4.69) is 5.32 Å². The molecule has 0 aliphatic heterocycles. The van der Waals surface area contributed by atoms with Gasteiger partial charge >= 0.3 is 5.97 Å². The van der Waals surface area contributed by atoms with E-state index in [0.717, 1.165) is 5.56 Å². The Labute approximate surface area is 117 Å². The average Bonchev–Trinajstić information content (AvgIpc) is 2.20. The number of amides is 1. The van der Waals surface area contributed by atoms with Gasteiger partial charge < -0.3 is 10.4 Å². The number of carboxylic acid groups (broad SMARTS) is 1. The van der Waals surface area contributed by atoms with Crippen LogP contribution in [0.25, 0.3) is 0 Å². The molecule has 4 nitrogen and oxygen atoms in total. The third kappa shape index (κ3) is 5.30. The number of aliphatic carboxylic acids is 1. The molecule has 0 atom stereocenters. The van der Waals surface area contributed by atoms with Crippen LogP contribution < -0.4 is 5.32 Å². The number of halogens is 1. The summed E-state index contributed by atoms with van der Waals surface area (Å²) in [7, 11) is 0. The van der Waals surface area contributed by atoms with Gasteiger partial charge in [-0.25, -0.2) is 0 Å². The maximum Gasteiger partial charge on any atom is 0.303 e. The minimum atomic E-state index is -0.906. The topological polar surface area (TPSA) is 66.4 Å². The largest absolute Gasteiger partial charge is 0.481 e. The molecule has 19 heavy (non-hydrogen) atoms. The van der Waals surface area contributed by atoms with Crippen LogP contribution in [0.5, 0.6) is 0 Å². The number of carbonyl (C=O) groups is 2. The Kier molecular flexibility index (Phi) is 4.95. The van der Waals surface area contributed by atoms with E-state index in [1.54, 1.807) is 26.0 Å². The predicted octanol–water partition coefficient (Wildman–Crippen LogP) is 3.48. The van der Waals surface area contributed by atoms with Gasteiger partial charge in [0.1, 0.15) is 0 Å². The Balaban J connectivity index is 2.70. The first-order valence-electron chi connectivity index (χ1n) is 5.97. The van der Waals surface area contributed by atoms with Crippen LogP contribution in [0.15, 0.2) is 18.2 Å². The zero-order chi connectivity index (χ0) is 14.6. The van der Waals surface area contributed by atoms with Crippen molar-refractivity contribution in [3.63, 3.8) is 0 Å². The molecule has 0 bridgehead atoms. The van der Waals surface area contributed by atoms with Gasteiger partial charge in [0, 0.05) is 17.1 Å². The smallest absolute Gasteiger partial charge is 0.303 e. The second-order valence-electron chi connectivity index (χ2n) is 5.42. The van der Waals surface area contributed by atoms with Crippen LogP contribution in [-0.2, 0) is 9.59 Å². The Bertz CT molecular complexity index is 497. The van der Waals surface area contributed by atoms with Crippen LogP contribution in [0.4, 0.5) is 5.69 Å². The van der Waals surface area contributed by atoms with Gasteiger partial charge in [0.2, 0.25) is 5.91 Å². The maximum atomic E-state index is 11.9. The SMILES string of the molecule is Cc1ccc(Cl)cc1NC(=O)CC(C)(C)CC(=O)O. The summed E-state index contributed by atoms with van der Waals surface area (Å²) >= 11 is 5.87. The van der Waals surface area contributed by atoms with Crippen LogP contribution in [0.2, 0.25) is 5.02 Å². The molecule has 2 N–H and O–H groups in total. The number of aryl methyl sites for hydroxylation is 1. The minimum Gasteiger partial charge on any atom is -0.481 e. The highest BCUT2D eigenvalue weighted by molar-refractivity contribution is 6.31. The molecule has 0 radical (unpaired) electrons. The van der Waals surface area contributed by atoms with Gasteiger partial charge in [0.05, 0.1) is 6.42 Å². The summed E-state index contributed by atoms with van der Waals surface area (Å²) in [6, 6.07) is 5.25. The Morgan fingerprint density at radius 1 is 1.32 bits per heavy atom. The molecule has 0 unspecified atom stereocenters. The molecule has 0 aromatic heterocycles. The van der Waals surface area contributed by atoms with Crippen molar-refractivity contribution in [3.05, 3.63) is 28.8 Å². The third-order valence-corrected chi connectivity index (χ3v) is 2.98. The lowest BCUT2D eigenvalue weighted by atomic mass is 9.85. The molecule has 0 spiro atoms. The summed E-state index contributed by atoms with van der Waals surface area (Å²) in [6.45, 7) is 5.38. The standard InChI is InChI=1S/C14H18ClNO3/c1-9-4-5-10(15)6-11(9)16-12(17)7-14(2,3)8-13(18)19/h4-6H,7-8H2,1-3H3,(H,16,17)(H,18,19). The molecule has 0 heterocycles.